The molecule has 86 valence electrons. The second-order valence-corrected chi connectivity index (χ2v) is 4.89. The van der Waals surface area contributed by atoms with Crippen molar-refractivity contribution in [2.75, 3.05) is 20.1 Å². The van der Waals surface area contributed by atoms with Gasteiger partial charge in [-0.05, 0) is 13.6 Å². The number of hydrogen-bond acceptors (Lipinski definition) is 4. The maximum atomic E-state index is 11.4. The lowest BCUT2D eigenvalue weighted by Crippen LogP contribution is -2.20. The van der Waals surface area contributed by atoms with Crippen molar-refractivity contribution < 1.29 is 8.42 Å². The molecule has 6 nitrogen and oxygen atoms in total. The zero-order valence-corrected chi connectivity index (χ0v) is 9.71. The molecule has 1 heterocycles. The lowest BCUT2D eigenvalue weighted by Gasteiger charge is -2.01. The molecule has 0 saturated heterocycles. The first kappa shape index (κ1) is 12.2. The minimum Gasteiger partial charge on any atom is -0.315 e. The largest absolute Gasteiger partial charge is 0.315 e. The van der Waals surface area contributed by atoms with Crippen molar-refractivity contribution in [2.45, 2.75) is 18.4 Å². The van der Waals surface area contributed by atoms with E-state index in [-0.39, 0.29) is 4.90 Å². The predicted octanol–water partition coefficient (Wildman–Crippen LogP) is -0.599. The Morgan fingerprint density at radius 3 is 2.87 bits per heavy atom. The Morgan fingerprint density at radius 1 is 1.53 bits per heavy atom. The Balaban J connectivity index is 2.65. The molecular formula is C8H16N4O2S. The van der Waals surface area contributed by atoms with E-state index in [0.717, 1.165) is 13.1 Å². The molecule has 0 unspecified atom stereocenters. The van der Waals surface area contributed by atoms with E-state index in [1.807, 2.05) is 6.92 Å². The normalized spacial score (nSPS) is 11.9. The molecule has 0 aromatic carbocycles. The highest BCUT2D eigenvalue weighted by Gasteiger charge is 2.13. The molecular weight excluding hydrogens is 216 g/mol. The fourth-order valence-corrected chi connectivity index (χ4v) is 1.78. The predicted molar refractivity (Wildman–Crippen MR) is 57.0 cm³/mol. The molecule has 0 spiro atoms. The van der Waals surface area contributed by atoms with Gasteiger partial charge in [0.2, 0.25) is 10.0 Å². The van der Waals surface area contributed by atoms with E-state index in [9.17, 15) is 8.42 Å². The number of nitrogens with one attached hydrogen (secondary N) is 2. The van der Waals surface area contributed by atoms with Crippen molar-refractivity contribution in [3.05, 3.63) is 12.4 Å². The van der Waals surface area contributed by atoms with Crippen LogP contribution in [0.15, 0.2) is 17.3 Å². The first-order chi connectivity index (χ1) is 7.10. The third-order valence-corrected chi connectivity index (χ3v) is 3.33. The van der Waals surface area contributed by atoms with Gasteiger partial charge in [-0.3, -0.25) is 4.68 Å². The van der Waals surface area contributed by atoms with Gasteiger partial charge in [-0.1, -0.05) is 6.92 Å². The maximum absolute atomic E-state index is 11.4. The van der Waals surface area contributed by atoms with Gasteiger partial charge < -0.3 is 5.32 Å². The molecule has 0 bridgehead atoms. The highest BCUT2D eigenvalue weighted by atomic mass is 32.2. The second-order valence-electron chi connectivity index (χ2n) is 3.00. The van der Waals surface area contributed by atoms with Crippen LogP contribution in [0.25, 0.3) is 0 Å². The summed E-state index contributed by atoms with van der Waals surface area (Å²) in [6.07, 6.45) is 2.86. The van der Waals surface area contributed by atoms with Crippen molar-refractivity contribution in [1.29, 1.82) is 0 Å². The van der Waals surface area contributed by atoms with Gasteiger partial charge in [-0.2, -0.15) is 5.10 Å². The van der Waals surface area contributed by atoms with Gasteiger partial charge in [-0.25, -0.2) is 13.1 Å². The molecule has 1 rings (SSSR count). The van der Waals surface area contributed by atoms with Crippen LogP contribution in [0.3, 0.4) is 0 Å². The lowest BCUT2D eigenvalue weighted by molar-refractivity contribution is 0.563. The fraction of sp³-hybridized carbons (Fsp3) is 0.625. The zero-order chi connectivity index (χ0) is 11.3. The molecule has 0 atom stereocenters. The van der Waals surface area contributed by atoms with Crippen LogP contribution in [0.4, 0.5) is 0 Å². The molecule has 7 heteroatoms. The molecule has 0 amide bonds. The molecule has 0 aliphatic carbocycles. The summed E-state index contributed by atoms with van der Waals surface area (Å²) in [4.78, 5) is 0.196. The number of nitrogens with zero attached hydrogens (tertiary/aromatic N) is 2. The summed E-state index contributed by atoms with van der Waals surface area (Å²) in [6.45, 7) is 4.34. The molecule has 0 radical (unpaired) electrons. The van der Waals surface area contributed by atoms with E-state index < -0.39 is 10.0 Å². The van der Waals surface area contributed by atoms with Crippen molar-refractivity contribution in [2.24, 2.45) is 0 Å². The summed E-state index contributed by atoms with van der Waals surface area (Å²) in [5.74, 6) is 0. The summed E-state index contributed by atoms with van der Waals surface area (Å²) < 4.78 is 26.6. The molecule has 1 aromatic heterocycles. The van der Waals surface area contributed by atoms with Gasteiger partial charge in [0.05, 0.1) is 12.7 Å². The van der Waals surface area contributed by atoms with Crippen LogP contribution < -0.4 is 10.0 Å². The molecule has 2 N–H and O–H groups in total. The van der Waals surface area contributed by atoms with E-state index in [1.54, 1.807) is 4.68 Å². The van der Waals surface area contributed by atoms with E-state index in [4.69, 9.17) is 0 Å². The van der Waals surface area contributed by atoms with Crippen LogP contribution in [0.5, 0.6) is 0 Å². The van der Waals surface area contributed by atoms with Gasteiger partial charge in [-0.15, -0.1) is 0 Å². The van der Waals surface area contributed by atoms with Crippen molar-refractivity contribution >= 4 is 10.0 Å². The Kier molecular flexibility index (Phi) is 4.25. The standard InChI is InChI=1S/C8H16N4O2S/c1-3-10-4-5-12-7-8(6-11-12)15(13,14)9-2/h6-7,9-10H,3-5H2,1-2H3. The van der Waals surface area contributed by atoms with E-state index >= 15 is 0 Å². The Hall–Kier alpha value is -0.920. The smallest absolute Gasteiger partial charge is 0.243 e. The first-order valence-corrected chi connectivity index (χ1v) is 6.25. The summed E-state index contributed by atoms with van der Waals surface area (Å²) in [6, 6.07) is 0. The second kappa shape index (κ2) is 5.24. The average molecular weight is 232 g/mol. The highest BCUT2D eigenvalue weighted by molar-refractivity contribution is 7.89. The van der Waals surface area contributed by atoms with Gasteiger partial charge in [0.25, 0.3) is 0 Å². The minimum atomic E-state index is -3.36. The molecule has 0 aliphatic heterocycles. The van der Waals surface area contributed by atoms with Crippen LogP contribution in [0, 0.1) is 0 Å². The number of likely N-dealkylation sites (N-methyl/N-ethyl adjacent to an activating group) is 1. The zero-order valence-electron chi connectivity index (χ0n) is 8.90. The van der Waals surface area contributed by atoms with Gasteiger partial charge in [0.15, 0.2) is 0 Å². The van der Waals surface area contributed by atoms with Crippen molar-refractivity contribution in [3.63, 3.8) is 0 Å². The Bertz CT molecular complexity index is 399. The van der Waals surface area contributed by atoms with E-state index in [1.165, 1.54) is 19.4 Å². The van der Waals surface area contributed by atoms with Gasteiger partial charge in [0, 0.05) is 12.7 Å². The Labute approximate surface area is 89.7 Å². The first-order valence-electron chi connectivity index (χ1n) is 4.77. The molecule has 0 aliphatic rings. The van der Waals surface area contributed by atoms with Crippen LogP contribution in [0.1, 0.15) is 6.92 Å². The third-order valence-electron chi connectivity index (χ3n) is 1.96. The average Bonchev–Trinajstić information content (AvgIpc) is 2.68. The van der Waals surface area contributed by atoms with E-state index in [2.05, 4.69) is 15.1 Å². The summed E-state index contributed by atoms with van der Waals surface area (Å²) in [5, 5.41) is 7.09. The molecule has 0 fully saturated rings. The number of rotatable bonds is 6. The van der Waals surface area contributed by atoms with Crippen LogP contribution in [-0.2, 0) is 16.6 Å². The topological polar surface area (TPSA) is 76.0 Å². The van der Waals surface area contributed by atoms with Crippen LogP contribution in [-0.4, -0.2) is 38.3 Å². The molecule has 1 aromatic rings. The third kappa shape index (κ3) is 3.29. The SMILES string of the molecule is CCNCCn1cc(S(=O)(=O)NC)cn1. The summed E-state index contributed by atoms with van der Waals surface area (Å²) >= 11 is 0. The Morgan fingerprint density at radius 2 is 2.27 bits per heavy atom. The van der Waals surface area contributed by atoms with Gasteiger partial charge >= 0.3 is 0 Å². The monoisotopic (exact) mass is 232 g/mol. The summed E-state index contributed by atoms with van der Waals surface area (Å²) in [7, 11) is -1.98. The summed E-state index contributed by atoms with van der Waals surface area (Å²) in [5.41, 5.74) is 0. The van der Waals surface area contributed by atoms with Crippen molar-refractivity contribution in [3.8, 4) is 0 Å². The number of hydrogen-bond donors (Lipinski definition) is 2. The minimum absolute atomic E-state index is 0.196. The van der Waals surface area contributed by atoms with E-state index in [0.29, 0.717) is 6.54 Å². The van der Waals surface area contributed by atoms with Crippen molar-refractivity contribution in [1.82, 2.24) is 19.8 Å². The van der Waals surface area contributed by atoms with Gasteiger partial charge in [0.1, 0.15) is 4.90 Å². The highest BCUT2D eigenvalue weighted by Crippen LogP contribution is 2.05. The fourth-order valence-electron chi connectivity index (χ4n) is 1.09. The molecule has 15 heavy (non-hydrogen) atoms. The molecule has 0 saturated carbocycles. The van der Waals surface area contributed by atoms with Crippen LogP contribution >= 0.6 is 0 Å². The van der Waals surface area contributed by atoms with Crippen LogP contribution in [0.2, 0.25) is 0 Å². The number of aromatic nitrogens is 2. The maximum Gasteiger partial charge on any atom is 0.243 e. The quantitative estimate of drug-likeness (QED) is 0.642. The number of sulfonamides is 1. The lowest BCUT2D eigenvalue weighted by atomic mass is 10.6.